The fourth-order valence-electron chi connectivity index (χ4n) is 1.06. The highest BCUT2D eigenvalue weighted by molar-refractivity contribution is 7.09. The molecular weight excluding hydrogens is 186 g/mol. The average Bonchev–Trinajstić information content (AvgIpc) is 2.56. The predicted molar refractivity (Wildman–Crippen MR) is 52.6 cm³/mol. The molecule has 1 heterocycles. The first-order valence-corrected chi connectivity index (χ1v) is 4.95. The number of hydrogen-bond donors (Lipinski definition) is 1. The van der Waals surface area contributed by atoms with Gasteiger partial charge in [0, 0.05) is 10.9 Å². The van der Waals surface area contributed by atoms with Crippen molar-refractivity contribution in [3.63, 3.8) is 0 Å². The summed E-state index contributed by atoms with van der Waals surface area (Å²) < 4.78 is 4.52. The molecule has 0 aliphatic carbocycles. The van der Waals surface area contributed by atoms with Gasteiger partial charge in [-0.1, -0.05) is 6.07 Å². The minimum Gasteiger partial charge on any atom is -0.469 e. The van der Waals surface area contributed by atoms with Crippen LogP contribution in [-0.2, 0) is 16.0 Å². The molecule has 1 aromatic rings. The molecule has 0 radical (unpaired) electrons. The molecule has 0 aliphatic heterocycles. The number of rotatable bonds is 4. The maximum atomic E-state index is 10.9. The molecule has 0 aliphatic rings. The van der Waals surface area contributed by atoms with Gasteiger partial charge in [-0.05, 0) is 17.9 Å². The van der Waals surface area contributed by atoms with Gasteiger partial charge in [0.2, 0.25) is 0 Å². The summed E-state index contributed by atoms with van der Waals surface area (Å²) >= 11 is 1.65. The zero-order valence-electron chi connectivity index (χ0n) is 7.53. The van der Waals surface area contributed by atoms with Gasteiger partial charge in [0.05, 0.1) is 13.5 Å². The quantitative estimate of drug-likeness (QED) is 0.741. The maximum Gasteiger partial charge on any atom is 0.307 e. The van der Waals surface area contributed by atoms with E-state index >= 15 is 0 Å². The lowest BCUT2D eigenvalue weighted by molar-refractivity contribution is -0.140. The van der Waals surface area contributed by atoms with Crippen molar-refractivity contribution in [3.05, 3.63) is 22.4 Å². The topological polar surface area (TPSA) is 52.3 Å². The van der Waals surface area contributed by atoms with Gasteiger partial charge in [0.25, 0.3) is 0 Å². The normalized spacial score (nSPS) is 12.5. The lowest BCUT2D eigenvalue weighted by atomic mass is 10.1. The van der Waals surface area contributed by atoms with Gasteiger partial charge in [-0.2, -0.15) is 0 Å². The van der Waals surface area contributed by atoms with Gasteiger partial charge in [0.1, 0.15) is 0 Å². The number of thiophene rings is 1. The van der Waals surface area contributed by atoms with Gasteiger partial charge >= 0.3 is 5.97 Å². The van der Waals surface area contributed by atoms with Crippen molar-refractivity contribution in [1.82, 2.24) is 0 Å². The molecule has 3 nitrogen and oxygen atoms in total. The average molecular weight is 199 g/mol. The summed E-state index contributed by atoms with van der Waals surface area (Å²) in [6.07, 6.45) is 1.03. The van der Waals surface area contributed by atoms with E-state index < -0.39 is 0 Å². The van der Waals surface area contributed by atoms with Crippen LogP contribution in [0, 0.1) is 0 Å². The first-order chi connectivity index (χ1) is 6.22. The minimum absolute atomic E-state index is 0.133. The van der Waals surface area contributed by atoms with Gasteiger partial charge < -0.3 is 10.5 Å². The molecule has 0 unspecified atom stereocenters. The van der Waals surface area contributed by atoms with E-state index in [0.717, 1.165) is 6.42 Å². The van der Waals surface area contributed by atoms with E-state index in [0.29, 0.717) is 0 Å². The van der Waals surface area contributed by atoms with E-state index in [1.807, 2.05) is 17.5 Å². The Labute approximate surface area is 81.5 Å². The van der Waals surface area contributed by atoms with E-state index in [1.165, 1.54) is 12.0 Å². The zero-order chi connectivity index (χ0) is 9.68. The van der Waals surface area contributed by atoms with Crippen LogP contribution in [0.15, 0.2) is 17.5 Å². The van der Waals surface area contributed by atoms with Crippen molar-refractivity contribution in [2.45, 2.75) is 18.9 Å². The molecular formula is C9H13NO2S. The SMILES string of the molecule is COC(=O)C[C@@H](N)Cc1cccs1. The van der Waals surface area contributed by atoms with E-state index in [1.54, 1.807) is 11.3 Å². The summed E-state index contributed by atoms with van der Waals surface area (Å²) in [7, 11) is 1.38. The fourth-order valence-corrected chi connectivity index (χ4v) is 1.86. The van der Waals surface area contributed by atoms with Crippen LogP contribution in [-0.4, -0.2) is 19.1 Å². The summed E-state index contributed by atoms with van der Waals surface area (Å²) in [6.45, 7) is 0. The van der Waals surface area contributed by atoms with E-state index in [-0.39, 0.29) is 18.4 Å². The second kappa shape index (κ2) is 4.99. The van der Waals surface area contributed by atoms with Gasteiger partial charge in [-0.3, -0.25) is 4.79 Å². The van der Waals surface area contributed by atoms with Gasteiger partial charge in [0.15, 0.2) is 0 Å². The molecule has 0 fully saturated rings. The molecule has 1 atom stereocenters. The highest BCUT2D eigenvalue weighted by Crippen LogP contribution is 2.11. The van der Waals surface area contributed by atoms with Crippen molar-refractivity contribution >= 4 is 17.3 Å². The Kier molecular flexibility index (Phi) is 3.92. The van der Waals surface area contributed by atoms with Crippen molar-refractivity contribution < 1.29 is 9.53 Å². The van der Waals surface area contributed by atoms with Gasteiger partial charge in [-0.25, -0.2) is 0 Å². The van der Waals surface area contributed by atoms with Crippen LogP contribution in [0.1, 0.15) is 11.3 Å². The molecule has 0 spiro atoms. The molecule has 13 heavy (non-hydrogen) atoms. The van der Waals surface area contributed by atoms with Crippen LogP contribution in [0.3, 0.4) is 0 Å². The summed E-state index contributed by atoms with van der Waals surface area (Å²) in [5, 5.41) is 2.00. The number of ether oxygens (including phenoxy) is 1. The predicted octanol–water partition coefficient (Wildman–Crippen LogP) is 1.18. The number of esters is 1. The maximum absolute atomic E-state index is 10.9. The summed E-state index contributed by atoms with van der Waals surface area (Å²) in [6, 6.07) is 3.86. The third-order valence-corrected chi connectivity index (χ3v) is 2.60. The first kappa shape index (κ1) is 10.2. The Morgan fingerprint density at radius 2 is 2.54 bits per heavy atom. The summed E-state index contributed by atoms with van der Waals surface area (Å²) in [5.41, 5.74) is 5.75. The Morgan fingerprint density at radius 3 is 3.08 bits per heavy atom. The van der Waals surface area contributed by atoms with Crippen molar-refractivity contribution in [1.29, 1.82) is 0 Å². The Balaban J connectivity index is 2.33. The van der Waals surface area contributed by atoms with Crippen LogP contribution in [0.25, 0.3) is 0 Å². The van der Waals surface area contributed by atoms with Crippen LogP contribution >= 0.6 is 11.3 Å². The smallest absolute Gasteiger partial charge is 0.307 e. The van der Waals surface area contributed by atoms with E-state index in [2.05, 4.69) is 4.74 Å². The highest BCUT2D eigenvalue weighted by Gasteiger charge is 2.10. The standard InChI is InChI=1S/C9H13NO2S/c1-12-9(11)6-7(10)5-8-3-2-4-13-8/h2-4,7H,5-6,10H2,1H3/t7-/m0/s1. The van der Waals surface area contributed by atoms with Crippen LogP contribution < -0.4 is 5.73 Å². The molecule has 0 saturated heterocycles. The lowest BCUT2D eigenvalue weighted by Gasteiger charge is -2.07. The minimum atomic E-state index is -0.246. The molecule has 0 bridgehead atoms. The molecule has 0 aromatic carbocycles. The van der Waals surface area contributed by atoms with Crippen molar-refractivity contribution in [2.24, 2.45) is 5.73 Å². The second-order valence-electron chi connectivity index (χ2n) is 2.82. The molecule has 4 heteroatoms. The number of nitrogens with two attached hydrogens (primary N) is 1. The Morgan fingerprint density at radius 1 is 1.77 bits per heavy atom. The molecule has 72 valence electrons. The number of methoxy groups -OCH3 is 1. The highest BCUT2D eigenvalue weighted by atomic mass is 32.1. The number of carbonyl (C=O) groups is 1. The largest absolute Gasteiger partial charge is 0.469 e. The zero-order valence-corrected chi connectivity index (χ0v) is 8.34. The van der Waals surface area contributed by atoms with Crippen molar-refractivity contribution in [3.8, 4) is 0 Å². The Hall–Kier alpha value is -0.870. The molecule has 0 amide bonds. The second-order valence-corrected chi connectivity index (χ2v) is 3.86. The van der Waals surface area contributed by atoms with Gasteiger partial charge in [-0.15, -0.1) is 11.3 Å². The number of carbonyl (C=O) groups excluding carboxylic acids is 1. The monoisotopic (exact) mass is 199 g/mol. The number of hydrogen-bond acceptors (Lipinski definition) is 4. The molecule has 1 rings (SSSR count). The van der Waals surface area contributed by atoms with Crippen LogP contribution in [0.2, 0.25) is 0 Å². The first-order valence-electron chi connectivity index (χ1n) is 4.07. The molecule has 0 saturated carbocycles. The van der Waals surface area contributed by atoms with Crippen molar-refractivity contribution in [2.75, 3.05) is 7.11 Å². The molecule has 2 N–H and O–H groups in total. The van der Waals surface area contributed by atoms with E-state index in [4.69, 9.17) is 5.73 Å². The molecule has 1 aromatic heterocycles. The third-order valence-electron chi connectivity index (χ3n) is 1.70. The third kappa shape index (κ3) is 3.57. The summed E-state index contributed by atoms with van der Waals surface area (Å²) in [4.78, 5) is 12.1. The lowest BCUT2D eigenvalue weighted by Crippen LogP contribution is -2.26. The Bertz CT molecular complexity index is 259. The fraction of sp³-hybridized carbons (Fsp3) is 0.444. The van der Waals surface area contributed by atoms with Crippen LogP contribution in [0.5, 0.6) is 0 Å². The van der Waals surface area contributed by atoms with E-state index in [9.17, 15) is 4.79 Å². The van der Waals surface area contributed by atoms with Crippen LogP contribution in [0.4, 0.5) is 0 Å². The summed E-state index contributed by atoms with van der Waals surface area (Å²) in [5.74, 6) is -0.246.